The molecule has 0 saturated heterocycles. The van der Waals surface area contributed by atoms with Gasteiger partial charge in [-0.25, -0.2) is 4.98 Å². The van der Waals surface area contributed by atoms with Crippen LogP contribution in [-0.4, -0.2) is 9.97 Å². The van der Waals surface area contributed by atoms with Crippen LogP contribution in [0.1, 0.15) is 16.3 Å². The van der Waals surface area contributed by atoms with Crippen LogP contribution in [0.4, 0.5) is 0 Å². The largest absolute Gasteiger partial charge is 0.358 e. The number of para-hydroxylation sites is 1. The van der Waals surface area contributed by atoms with Crippen molar-refractivity contribution in [2.75, 3.05) is 0 Å². The molecule has 0 amide bonds. The number of aryl methyl sites for hydroxylation is 3. The number of nitrogens with zero attached hydrogens (tertiary/aromatic N) is 1. The molecule has 1 N–H and O–H groups in total. The van der Waals surface area contributed by atoms with Gasteiger partial charge < -0.3 is 4.98 Å². The number of aromatic nitrogens is 2. The van der Waals surface area contributed by atoms with Gasteiger partial charge in [0.1, 0.15) is 5.01 Å². The third-order valence-electron chi connectivity index (χ3n) is 3.14. The minimum Gasteiger partial charge on any atom is -0.358 e. The van der Waals surface area contributed by atoms with E-state index in [2.05, 4.69) is 55.0 Å². The van der Waals surface area contributed by atoms with Crippen LogP contribution in [0.25, 0.3) is 21.5 Å². The SMILES string of the molecule is Cc1nc(-c2c(C)[nH]c3ccccc23)sc1C. The van der Waals surface area contributed by atoms with Crippen molar-refractivity contribution in [2.24, 2.45) is 0 Å². The van der Waals surface area contributed by atoms with Crippen molar-refractivity contribution in [3.63, 3.8) is 0 Å². The Labute approximate surface area is 104 Å². The number of nitrogens with one attached hydrogen (secondary N) is 1. The summed E-state index contributed by atoms with van der Waals surface area (Å²) < 4.78 is 0. The molecule has 0 bridgehead atoms. The predicted octanol–water partition coefficient (Wildman–Crippen LogP) is 4.22. The van der Waals surface area contributed by atoms with Gasteiger partial charge in [-0.3, -0.25) is 0 Å². The zero-order chi connectivity index (χ0) is 12.0. The Balaban J connectivity index is 2.33. The van der Waals surface area contributed by atoms with Crippen molar-refractivity contribution in [3.05, 3.63) is 40.5 Å². The number of thiazole rings is 1. The third kappa shape index (κ3) is 1.58. The van der Waals surface area contributed by atoms with E-state index in [1.165, 1.54) is 27.0 Å². The highest BCUT2D eigenvalue weighted by atomic mass is 32.1. The van der Waals surface area contributed by atoms with Crippen LogP contribution >= 0.6 is 11.3 Å². The fraction of sp³-hybridized carbons (Fsp3) is 0.214. The van der Waals surface area contributed by atoms with Crippen LogP contribution in [0.2, 0.25) is 0 Å². The highest BCUT2D eigenvalue weighted by Gasteiger charge is 2.14. The van der Waals surface area contributed by atoms with Gasteiger partial charge in [0.05, 0.1) is 5.69 Å². The van der Waals surface area contributed by atoms with Crippen LogP contribution in [0.3, 0.4) is 0 Å². The second-order valence-electron chi connectivity index (χ2n) is 4.33. The molecule has 3 heteroatoms. The molecule has 1 aromatic carbocycles. The van der Waals surface area contributed by atoms with Crippen molar-refractivity contribution in [3.8, 4) is 10.6 Å². The van der Waals surface area contributed by atoms with Crippen LogP contribution in [0.15, 0.2) is 24.3 Å². The minimum atomic E-state index is 1.12. The van der Waals surface area contributed by atoms with Crippen molar-refractivity contribution >= 4 is 22.2 Å². The average Bonchev–Trinajstić information content (AvgIpc) is 2.78. The van der Waals surface area contributed by atoms with E-state index in [-0.39, 0.29) is 0 Å². The first kappa shape index (κ1) is 10.5. The molecule has 2 nitrogen and oxygen atoms in total. The molecule has 0 radical (unpaired) electrons. The van der Waals surface area contributed by atoms with E-state index >= 15 is 0 Å². The van der Waals surface area contributed by atoms with Gasteiger partial charge in [0, 0.05) is 27.0 Å². The number of fused-ring (bicyclic) bond motifs is 1. The zero-order valence-corrected chi connectivity index (χ0v) is 11.0. The third-order valence-corrected chi connectivity index (χ3v) is 4.23. The summed E-state index contributed by atoms with van der Waals surface area (Å²) >= 11 is 1.77. The lowest BCUT2D eigenvalue weighted by Crippen LogP contribution is -1.79. The maximum atomic E-state index is 4.66. The molecule has 0 aliphatic rings. The number of benzene rings is 1. The first-order valence-corrected chi connectivity index (χ1v) is 6.50. The van der Waals surface area contributed by atoms with E-state index < -0.39 is 0 Å². The number of H-pyrrole nitrogens is 1. The Kier molecular flexibility index (Phi) is 2.30. The summed E-state index contributed by atoms with van der Waals surface area (Å²) in [5.74, 6) is 0. The molecule has 0 atom stereocenters. The van der Waals surface area contributed by atoms with Crippen molar-refractivity contribution in [1.29, 1.82) is 0 Å². The van der Waals surface area contributed by atoms with Crippen LogP contribution in [0.5, 0.6) is 0 Å². The molecular weight excluding hydrogens is 228 g/mol. The van der Waals surface area contributed by atoms with E-state index in [0.29, 0.717) is 0 Å². The number of hydrogen-bond donors (Lipinski definition) is 1. The fourth-order valence-electron chi connectivity index (χ4n) is 2.13. The summed E-state index contributed by atoms with van der Waals surface area (Å²) in [7, 11) is 0. The Morgan fingerprint density at radius 2 is 1.88 bits per heavy atom. The average molecular weight is 242 g/mol. The van der Waals surface area contributed by atoms with Gasteiger partial charge in [-0.05, 0) is 26.8 Å². The molecule has 3 rings (SSSR count). The van der Waals surface area contributed by atoms with Gasteiger partial charge in [0.15, 0.2) is 0 Å². The molecule has 0 saturated carbocycles. The lowest BCUT2D eigenvalue weighted by atomic mass is 10.1. The second kappa shape index (κ2) is 3.70. The molecule has 86 valence electrons. The normalized spacial score (nSPS) is 11.2. The Morgan fingerprint density at radius 3 is 2.59 bits per heavy atom. The van der Waals surface area contributed by atoms with Crippen LogP contribution < -0.4 is 0 Å². The van der Waals surface area contributed by atoms with E-state index in [1.807, 2.05) is 0 Å². The molecule has 2 aromatic heterocycles. The Bertz CT molecular complexity index is 672. The smallest absolute Gasteiger partial charge is 0.126 e. The molecule has 0 unspecified atom stereocenters. The van der Waals surface area contributed by atoms with Gasteiger partial charge in [-0.1, -0.05) is 18.2 Å². The standard InChI is InChI=1S/C14H14N2S/c1-8-10(3)17-14(16-8)13-9(2)15-12-7-5-4-6-11(12)13/h4-7,15H,1-3H3. The minimum absolute atomic E-state index is 1.12. The van der Waals surface area contributed by atoms with Gasteiger partial charge >= 0.3 is 0 Å². The maximum Gasteiger partial charge on any atom is 0.126 e. The molecule has 0 aliphatic carbocycles. The monoisotopic (exact) mass is 242 g/mol. The number of hydrogen-bond acceptors (Lipinski definition) is 2. The first-order valence-electron chi connectivity index (χ1n) is 5.68. The van der Waals surface area contributed by atoms with Crippen molar-refractivity contribution < 1.29 is 0 Å². The molecule has 0 fully saturated rings. The quantitative estimate of drug-likeness (QED) is 0.680. The summed E-state index contributed by atoms with van der Waals surface area (Å²) in [6, 6.07) is 8.40. The van der Waals surface area contributed by atoms with Crippen LogP contribution in [0, 0.1) is 20.8 Å². The lowest BCUT2D eigenvalue weighted by molar-refractivity contribution is 1.22. The molecule has 0 aliphatic heterocycles. The summed E-state index contributed by atoms with van der Waals surface area (Å²) in [5, 5.41) is 2.38. The number of aromatic amines is 1. The molecule has 2 heterocycles. The maximum absolute atomic E-state index is 4.66. The molecular formula is C14H14N2S. The highest BCUT2D eigenvalue weighted by Crippen LogP contribution is 2.35. The van der Waals surface area contributed by atoms with E-state index in [0.717, 1.165) is 10.7 Å². The van der Waals surface area contributed by atoms with Gasteiger partial charge in [-0.2, -0.15) is 0 Å². The molecule has 17 heavy (non-hydrogen) atoms. The van der Waals surface area contributed by atoms with Crippen molar-refractivity contribution in [1.82, 2.24) is 9.97 Å². The Hall–Kier alpha value is -1.61. The van der Waals surface area contributed by atoms with Gasteiger partial charge in [-0.15, -0.1) is 11.3 Å². The van der Waals surface area contributed by atoms with E-state index in [9.17, 15) is 0 Å². The first-order chi connectivity index (χ1) is 8.16. The number of rotatable bonds is 1. The van der Waals surface area contributed by atoms with Gasteiger partial charge in [0.25, 0.3) is 0 Å². The molecule has 0 spiro atoms. The molecule has 3 aromatic rings. The topological polar surface area (TPSA) is 28.7 Å². The highest BCUT2D eigenvalue weighted by molar-refractivity contribution is 7.15. The summed E-state index contributed by atoms with van der Waals surface area (Å²) in [4.78, 5) is 9.38. The van der Waals surface area contributed by atoms with Crippen LogP contribution in [-0.2, 0) is 0 Å². The summed E-state index contributed by atoms with van der Waals surface area (Å²) in [6.07, 6.45) is 0. The predicted molar refractivity (Wildman–Crippen MR) is 73.6 cm³/mol. The summed E-state index contributed by atoms with van der Waals surface area (Å²) in [6.45, 7) is 6.31. The van der Waals surface area contributed by atoms with E-state index in [1.54, 1.807) is 11.3 Å². The van der Waals surface area contributed by atoms with Gasteiger partial charge in [0.2, 0.25) is 0 Å². The Morgan fingerprint density at radius 1 is 1.12 bits per heavy atom. The fourth-order valence-corrected chi connectivity index (χ4v) is 3.16. The van der Waals surface area contributed by atoms with E-state index in [4.69, 9.17) is 0 Å². The lowest BCUT2D eigenvalue weighted by Gasteiger charge is -1.95. The summed E-state index contributed by atoms with van der Waals surface area (Å²) in [5.41, 5.74) is 4.77. The van der Waals surface area contributed by atoms with Crippen molar-refractivity contribution in [2.45, 2.75) is 20.8 Å². The second-order valence-corrected chi connectivity index (χ2v) is 5.53. The zero-order valence-electron chi connectivity index (χ0n) is 10.2.